The Bertz CT molecular complexity index is 669. The summed E-state index contributed by atoms with van der Waals surface area (Å²) in [5.74, 6) is 4.47. The van der Waals surface area contributed by atoms with Crippen molar-refractivity contribution in [2.45, 2.75) is 117 Å². The molecule has 1 saturated heterocycles. The van der Waals surface area contributed by atoms with E-state index in [9.17, 15) is 4.79 Å². The van der Waals surface area contributed by atoms with Gasteiger partial charge in [0.25, 0.3) is 0 Å². The van der Waals surface area contributed by atoms with Crippen LogP contribution in [-0.2, 0) is 9.53 Å². The van der Waals surface area contributed by atoms with Gasteiger partial charge in [-0.3, -0.25) is 4.79 Å². The monoisotopic (exact) mass is 400 g/mol. The molecule has 0 N–H and O–H groups in total. The molecule has 0 amide bonds. The zero-order valence-electron chi connectivity index (χ0n) is 19.6. The molecule has 5 fully saturated rings. The molecule has 0 aromatic carbocycles. The van der Waals surface area contributed by atoms with Gasteiger partial charge in [-0.1, -0.05) is 66.7 Å². The molecule has 0 bridgehead atoms. The SMILES string of the molecule is CC(C)CCC[C@@H](C)[C@H]1CC[C@H]2[C@@H]3C(=O)C4OC45CCCC[C@]5(C)[C@H]3CC[C@]12C. The molecule has 2 heteroatoms. The van der Waals surface area contributed by atoms with Crippen LogP contribution in [0.15, 0.2) is 0 Å². The fourth-order valence-corrected chi connectivity index (χ4v) is 9.42. The van der Waals surface area contributed by atoms with Crippen LogP contribution in [0.3, 0.4) is 0 Å². The molecule has 1 aliphatic heterocycles. The summed E-state index contributed by atoms with van der Waals surface area (Å²) in [5, 5.41) is 0. The number of ketones is 1. The largest absolute Gasteiger partial charge is 0.357 e. The molecule has 164 valence electrons. The van der Waals surface area contributed by atoms with Crippen molar-refractivity contribution in [3.63, 3.8) is 0 Å². The van der Waals surface area contributed by atoms with Gasteiger partial charge in [-0.15, -0.1) is 0 Å². The Morgan fingerprint density at radius 3 is 2.48 bits per heavy atom. The van der Waals surface area contributed by atoms with Gasteiger partial charge in [-0.2, -0.15) is 0 Å². The lowest BCUT2D eigenvalue weighted by Crippen LogP contribution is -2.60. The van der Waals surface area contributed by atoms with Gasteiger partial charge in [-0.25, -0.2) is 0 Å². The van der Waals surface area contributed by atoms with E-state index in [-0.39, 0.29) is 17.1 Å². The number of hydrogen-bond acceptors (Lipinski definition) is 2. The summed E-state index contributed by atoms with van der Waals surface area (Å²) in [6.07, 6.45) is 14.4. The first-order valence-electron chi connectivity index (χ1n) is 13.0. The van der Waals surface area contributed by atoms with Crippen molar-refractivity contribution in [3.05, 3.63) is 0 Å². The second-order valence-electron chi connectivity index (χ2n) is 12.7. The first-order chi connectivity index (χ1) is 13.7. The minimum absolute atomic E-state index is 0.0427. The smallest absolute Gasteiger partial charge is 0.168 e. The Labute approximate surface area is 178 Å². The zero-order chi connectivity index (χ0) is 20.6. The van der Waals surface area contributed by atoms with Gasteiger partial charge in [-0.05, 0) is 73.5 Å². The number of fused-ring (bicyclic) bond motifs is 4. The average Bonchev–Trinajstić information content (AvgIpc) is 3.30. The van der Waals surface area contributed by atoms with Gasteiger partial charge in [0.2, 0.25) is 0 Å². The predicted molar refractivity (Wildman–Crippen MR) is 118 cm³/mol. The standard InChI is InChI=1S/C27H44O2/c1-17(2)9-8-10-18(3)19-11-12-20-22-21(13-16-25(19,20)4)26(5)14-6-7-15-27(26)24(29-27)23(22)28/h17-22,24H,6-16H2,1-5H3/t18-,19-,20+,21+,22+,24?,25-,26-,27?/m1/s1. The van der Waals surface area contributed by atoms with Crippen LogP contribution in [0.4, 0.5) is 0 Å². The third-order valence-corrected chi connectivity index (χ3v) is 11.0. The van der Waals surface area contributed by atoms with Crippen LogP contribution in [0.25, 0.3) is 0 Å². The van der Waals surface area contributed by atoms with Crippen LogP contribution < -0.4 is 0 Å². The molecule has 1 spiro atoms. The molecule has 0 aromatic rings. The van der Waals surface area contributed by atoms with Crippen LogP contribution in [0, 0.1) is 46.3 Å². The van der Waals surface area contributed by atoms with E-state index < -0.39 is 0 Å². The Kier molecular flexibility index (Phi) is 4.82. The molecule has 29 heavy (non-hydrogen) atoms. The molecular formula is C27H44O2. The van der Waals surface area contributed by atoms with Crippen molar-refractivity contribution in [2.24, 2.45) is 46.3 Å². The number of Topliss-reactive ketones (excluding diaryl/α,β-unsaturated/α-hetero) is 1. The summed E-state index contributed by atoms with van der Waals surface area (Å²) in [4.78, 5) is 13.7. The third kappa shape index (κ3) is 2.72. The summed E-state index contributed by atoms with van der Waals surface area (Å²) in [6, 6.07) is 0. The Balaban J connectivity index is 1.37. The highest BCUT2D eigenvalue weighted by Crippen LogP contribution is 2.73. The first kappa shape index (κ1) is 20.5. The number of epoxide rings is 1. The first-order valence-corrected chi connectivity index (χ1v) is 13.0. The Morgan fingerprint density at radius 1 is 0.966 bits per heavy atom. The molecule has 5 rings (SSSR count). The lowest BCUT2D eigenvalue weighted by Gasteiger charge is -2.58. The molecular weight excluding hydrogens is 356 g/mol. The number of rotatable bonds is 5. The molecule has 2 unspecified atom stereocenters. The summed E-state index contributed by atoms with van der Waals surface area (Å²) in [6.45, 7) is 12.3. The second kappa shape index (κ2) is 6.81. The fourth-order valence-electron chi connectivity index (χ4n) is 9.42. The van der Waals surface area contributed by atoms with E-state index in [2.05, 4.69) is 34.6 Å². The maximum absolute atomic E-state index is 13.7. The minimum atomic E-state index is -0.0562. The lowest BCUT2D eigenvalue weighted by molar-refractivity contribution is -0.148. The van der Waals surface area contributed by atoms with Crippen molar-refractivity contribution >= 4 is 5.78 Å². The van der Waals surface area contributed by atoms with Crippen LogP contribution in [0.5, 0.6) is 0 Å². The quantitative estimate of drug-likeness (QED) is 0.474. The normalized spacial score (nSPS) is 51.8. The van der Waals surface area contributed by atoms with Crippen molar-refractivity contribution in [2.75, 3.05) is 0 Å². The summed E-state index contributed by atoms with van der Waals surface area (Å²) >= 11 is 0. The van der Waals surface area contributed by atoms with Gasteiger partial charge < -0.3 is 4.74 Å². The minimum Gasteiger partial charge on any atom is -0.357 e. The average molecular weight is 401 g/mol. The molecule has 1 heterocycles. The number of carbonyl (C=O) groups is 1. The van der Waals surface area contributed by atoms with E-state index >= 15 is 0 Å². The molecule has 0 aromatic heterocycles. The highest BCUT2D eigenvalue weighted by Gasteiger charge is 2.78. The number of ether oxygens (including phenoxy) is 1. The fraction of sp³-hybridized carbons (Fsp3) is 0.963. The van der Waals surface area contributed by atoms with Crippen molar-refractivity contribution in [1.29, 1.82) is 0 Å². The predicted octanol–water partition coefficient (Wildman–Crippen LogP) is 6.81. The van der Waals surface area contributed by atoms with Gasteiger partial charge in [0.1, 0.15) is 11.7 Å². The van der Waals surface area contributed by atoms with Crippen LogP contribution >= 0.6 is 0 Å². The number of hydrogen-bond donors (Lipinski definition) is 0. The van der Waals surface area contributed by atoms with E-state index in [1.807, 2.05) is 0 Å². The summed E-state index contributed by atoms with van der Waals surface area (Å²) < 4.78 is 6.36. The number of carbonyl (C=O) groups excluding carboxylic acids is 1. The van der Waals surface area contributed by atoms with E-state index in [1.54, 1.807) is 0 Å². The Morgan fingerprint density at radius 2 is 1.72 bits per heavy atom. The third-order valence-electron chi connectivity index (χ3n) is 11.0. The van der Waals surface area contributed by atoms with Crippen molar-refractivity contribution < 1.29 is 9.53 Å². The van der Waals surface area contributed by atoms with E-state index in [4.69, 9.17) is 4.74 Å². The van der Waals surface area contributed by atoms with E-state index in [0.29, 0.717) is 29.0 Å². The zero-order valence-corrected chi connectivity index (χ0v) is 19.6. The van der Waals surface area contributed by atoms with Crippen LogP contribution in [-0.4, -0.2) is 17.5 Å². The van der Waals surface area contributed by atoms with E-state index in [0.717, 1.165) is 24.2 Å². The highest BCUT2D eigenvalue weighted by atomic mass is 16.6. The van der Waals surface area contributed by atoms with E-state index in [1.165, 1.54) is 64.2 Å². The maximum atomic E-state index is 13.7. The van der Waals surface area contributed by atoms with Crippen molar-refractivity contribution in [3.8, 4) is 0 Å². The summed E-state index contributed by atoms with van der Waals surface area (Å²) in [7, 11) is 0. The molecule has 9 atom stereocenters. The molecule has 4 saturated carbocycles. The molecule has 2 nitrogen and oxygen atoms in total. The maximum Gasteiger partial charge on any atom is 0.168 e. The topological polar surface area (TPSA) is 29.6 Å². The summed E-state index contributed by atoms with van der Waals surface area (Å²) in [5.41, 5.74) is 0.587. The molecule has 4 aliphatic carbocycles. The van der Waals surface area contributed by atoms with Crippen LogP contribution in [0.2, 0.25) is 0 Å². The molecule has 0 radical (unpaired) electrons. The second-order valence-corrected chi connectivity index (χ2v) is 12.7. The van der Waals surface area contributed by atoms with Gasteiger partial charge in [0.15, 0.2) is 5.78 Å². The van der Waals surface area contributed by atoms with Crippen LogP contribution in [0.1, 0.15) is 105 Å². The Hall–Kier alpha value is -0.370. The molecule has 5 aliphatic rings. The lowest BCUT2D eigenvalue weighted by atomic mass is 9.44. The highest BCUT2D eigenvalue weighted by molar-refractivity contribution is 5.91. The van der Waals surface area contributed by atoms with Crippen molar-refractivity contribution in [1.82, 2.24) is 0 Å². The van der Waals surface area contributed by atoms with Gasteiger partial charge in [0, 0.05) is 11.3 Å². The van der Waals surface area contributed by atoms with Gasteiger partial charge in [0.05, 0.1) is 0 Å². The van der Waals surface area contributed by atoms with Gasteiger partial charge >= 0.3 is 0 Å².